The molecule has 0 amide bonds. The Labute approximate surface area is 92.7 Å². The van der Waals surface area contributed by atoms with Crippen molar-refractivity contribution in [3.8, 4) is 0 Å². The van der Waals surface area contributed by atoms with Crippen LogP contribution in [0.1, 0.15) is 13.8 Å². The zero-order valence-electron chi connectivity index (χ0n) is 8.09. The monoisotopic (exact) mass is 298 g/mol. The van der Waals surface area contributed by atoms with Crippen molar-refractivity contribution in [2.24, 2.45) is 5.92 Å². The van der Waals surface area contributed by atoms with E-state index in [-0.39, 0.29) is 0 Å². The highest BCUT2D eigenvalue weighted by atomic mass is 32.3. The molecule has 0 aliphatic heterocycles. The van der Waals surface area contributed by atoms with Crippen molar-refractivity contribution >= 4 is 30.4 Å². The summed E-state index contributed by atoms with van der Waals surface area (Å²) >= 11 is 0. The Morgan fingerprint density at radius 1 is 0.750 bits per heavy atom. The molecule has 0 radical (unpaired) electrons. The molecule has 9 nitrogen and oxygen atoms in total. The van der Waals surface area contributed by atoms with Crippen molar-refractivity contribution in [1.29, 1.82) is 0 Å². The molecule has 16 heavy (non-hydrogen) atoms. The fourth-order valence-electron chi connectivity index (χ4n) is 1.29. The maximum absolute atomic E-state index is 10.9. The second kappa shape index (κ2) is 3.89. The normalized spacial score (nSPS) is 15.4. The molecule has 0 aromatic rings. The van der Waals surface area contributed by atoms with E-state index in [0.29, 0.717) is 0 Å². The molecule has 12 heteroatoms. The summed E-state index contributed by atoms with van der Waals surface area (Å²) in [6, 6.07) is 0. The first-order valence-corrected chi connectivity index (χ1v) is 7.92. The van der Waals surface area contributed by atoms with Gasteiger partial charge in [0.25, 0.3) is 0 Å². The molecule has 0 heterocycles. The Hall–Kier alpha value is -0.270. The van der Waals surface area contributed by atoms with Crippen LogP contribution in [0.25, 0.3) is 0 Å². The summed E-state index contributed by atoms with van der Waals surface area (Å²) in [5, 5.41) is 0. The van der Waals surface area contributed by atoms with Crippen LogP contribution in [0.15, 0.2) is 0 Å². The maximum atomic E-state index is 10.9. The molecule has 0 rings (SSSR count). The Bertz CT molecular complexity index is 483. The van der Waals surface area contributed by atoms with Crippen molar-refractivity contribution in [3.63, 3.8) is 0 Å². The molecule has 0 unspecified atom stereocenters. The fraction of sp³-hybridized carbons (Fsp3) is 1.00. The van der Waals surface area contributed by atoms with Gasteiger partial charge >= 0.3 is 33.8 Å². The number of rotatable bonds is 4. The third kappa shape index (κ3) is 2.08. The summed E-state index contributed by atoms with van der Waals surface area (Å²) in [7, 11) is -17.5. The van der Waals surface area contributed by atoms with Crippen molar-refractivity contribution in [2.45, 2.75) is 17.3 Å². The topological polar surface area (TPSA) is 163 Å². The molecule has 0 saturated heterocycles. The third-order valence-corrected chi connectivity index (χ3v) is 9.15. The maximum Gasteiger partial charge on any atom is 0.347 e. The van der Waals surface area contributed by atoms with E-state index in [1.54, 1.807) is 0 Å². The lowest BCUT2D eigenvalue weighted by atomic mass is 10.3. The Kier molecular flexibility index (Phi) is 3.82. The first-order chi connectivity index (χ1) is 6.69. The van der Waals surface area contributed by atoms with Gasteiger partial charge in [-0.3, -0.25) is 13.7 Å². The SMILES string of the molecule is CC(C)C(S(=O)(=O)O)(S(=O)(=O)O)S(=O)(=O)O. The van der Waals surface area contributed by atoms with E-state index >= 15 is 0 Å². The average Bonchev–Trinajstić information content (AvgIpc) is 1.71. The predicted octanol–water partition coefficient (Wildman–Crippen LogP) is -1.04. The van der Waals surface area contributed by atoms with Crippen LogP contribution in [-0.4, -0.2) is 42.3 Å². The zero-order chi connectivity index (χ0) is 13.6. The van der Waals surface area contributed by atoms with E-state index < -0.39 is 39.7 Å². The second-order valence-corrected chi connectivity index (χ2v) is 8.74. The summed E-state index contributed by atoms with van der Waals surface area (Å²) in [5.74, 6) is -1.84. The van der Waals surface area contributed by atoms with E-state index in [0.717, 1.165) is 13.8 Å². The summed E-state index contributed by atoms with van der Waals surface area (Å²) in [6.45, 7) is 1.55. The molecule has 0 atom stereocenters. The highest BCUT2D eigenvalue weighted by Crippen LogP contribution is 2.36. The average molecular weight is 298 g/mol. The zero-order valence-corrected chi connectivity index (χ0v) is 10.5. The van der Waals surface area contributed by atoms with E-state index in [4.69, 9.17) is 13.7 Å². The van der Waals surface area contributed by atoms with Crippen LogP contribution < -0.4 is 0 Å². The molecule has 0 bridgehead atoms. The smallest absolute Gasteiger partial charge is 0.283 e. The Morgan fingerprint density at radius 3 is 0.938 bits per heavy atom. The van der Waals surface area contributed by atoms with E-state index in [2.05, 4.69) is 0 Å². The molecule has 0 aliphatic rings. The molecule has 98 valence electrons. The lowest BCUT2D eigenvalue weighted by Gasteiger charge is -2.27. The molecular formula is C4H10O9S3. The molecule has 0 spiro atoms. The first kappa shape index (κ1) is 15.7. The molecular weight excluding hydrogens is 288 g/mol. The standard InChI is InChI=1S/C4H10O9S3/c1-3(2)4(14(5,6)7,15(8,9)10)16(11,12)13/h3H,1-2H3,(H,5,6,7)(H,8,9,10)(H,11,12,13). The lowest BCUT2D eigenvalue weighted by Crippen LogP contribution is -2.56. The summed E-state index contributed by atoms with van der Waals surface area (Å²) in [4.78, 5) is 0. The van der Waals surface area contributed by atoms with E-state index in [1.807, 2.05) is 0 Å². The number of hydrogen-bond donors (Lipinski definition) is 3. The van der Waals surface area contributed by atoms with Crippen molar-refractivity contribution in [3.05, 3.63) is 0 Å². The van der Waals surface area contributed by atoms with E-state index in [1.165, 1.54) is 0 Å². The Morgan fingerprint density at radius 2 is 0.938 bits per heavy atom. The van der Waals surface area contributed by atoms with Crippen LogP contribution in [-0.2, 0) is 30.4 Å². The van der Waals surface area contributed by atoms with E-state index in [9.17, 15) is 25.3 Å². The van der Waals surface area contributed by atoms with Gasteiger partial charge in [0.2, 0.25) is 0 Å². The van der Waals surface area contributed by atoms with Gasteiger partial charge < -0.3 is 0 Å². The van der Waals surface area contributed by atoms with Gasteiger partial charge in [-0.1, -0.05) is 13.8 Å². The summed E-state index contributed by atoms with van der Waals surface area (Å²) in [6.07, 6.45) is 0. The quantitative estimate of drug-likeness (QED) is 0.550. The molecule has 0 saturated carbocycles. The van der Waals surface area contributed by atoms with Crippen LogP contribution in [0, 0.1) is 5.92 Å². The fourth-order valence-corrected chi connectivity index (χ4v) is 6.27. The highest BCUT2D eigenvalue weighted by Gasteiger charge is 2.67. The minimum absolute atomic E-state index is 0.773. The van der Waals surface area contributed by atoms with Gasteiger partial charge in [-0.05, 0) is 0 Å². The summed E-state index contributed by atoms with van der Waals surface area (Å²) in [5.41, 5.74) is 0. The van der Waals surface area contributed by atoms with Gasteiger partial charge in [-0.15, -0.1) is 0 Å². The highest BCUT2D eigenvalue weighted by molar-refractivity contribution is 8.21. The minimum atomic E-state index is -5.82. The largest absolute Gasteiger partial charge is 0.347 e. The van der Waals surface area contributed by atoms with Gasteiger partial charge in [0, 0.05) is 5.92 Å². The Balaban J connectivity index is 6.82. The molecule has 3 N–H and O–H groups in total. The molecule has 0 aromatic carbocycles. The molecule has 0 fully saturated rings. The second-order valence-electron chi connectivity index (χ2n) is 3.18. The van der Waals surface area contributed by atoms with Gasteiger partial charge in [-0.2, -0.15) is 25.3 Å². The van der Waals surface area contributed by atoms with Crippen molar-refractivity contribution in [1.82, 2.24) is 0 Å². The number of hydrogen-bond acceptors (Lipinski definition) is 6. The van der Waals surface area contributed by atoms with Gasteiger partial charge in [0.1, 0.15) is 0 Å². The first-order valence-electron chi connectivity index (χ1n) is 3.60. The van der Waals surface area contributed by atoms with Crippen LogP contribution in [0.4, 0.5) is 0 Å². The van der Waals surface area contributed by atoms with Crippen LogP contribution in [0.2, 0.25) is 0 Å². The lowest BCUT2D eigenvalue weighted by molar-refractivity contribution is 0.395. The van der Waals surface area contributed by atoms with Gasteiger partial charge in [0.15, 0.2) is 0 Å². The van der Waals surface area contributed by atoms with Crippen LogP contribution in [0.3, 0.4) is 0 Å². The van der Waals surface area contributed by atoms with Gasteiger partial charge in [-0.25, -0.2) is 0 Å². The minimum Gasteiger partial charge on any atom is -0.283 e. The predicted molar refractivity (Wildman–Crippen MR) is 52.2 cm³/mol. The van der Waals surface area contributed by atoms with Gasteiger partial charge in [0.05, 0.1) is 0 Å². The third-order valence-electron chi connectivity index (χ3n) is 1.79. The van der Waals surface area contributed by atoms with Crippen LogP contribution >= 0.6 is 0 Å². The summed E-state index contributed by atoms with van der Waals surface area (Å²) < 4.78 is 87.1. The van der Waals surface area contributed by atoms with Crippen molar-refractivity contribution < 1.29 is 38.9 Å². The van der Waals surface area contributed by atoms with Crippen LogP contribution in [0.5, 0.6) is 0 Å². The van der Waals surface area contributed by atoms with Crippen molar-refractivity contribution in [2.75, 3.05) is 0 Å². The molecule has 0 aliphatic carbocycles. The molecule has 0 aromatic heterocycles.